The van der Waals surface area contributed by atoms with Gasteiger partial charge in [0.05, 0.1) is 0 Å². The SMILES string of the molecule is S=c1[nH]nc(CCC2CCCCC2)n1/N=C/C=C/c1ccncc1. The van der Waals surface area contributed by atoms with Crippen LogP contribution in [0.4, 0.5) is 0 Å². The summed E-state index contributed by atoms with van der Waals surface area (Å²) in [5.41, 5.74) is 1.09. The van der Waals surface area contributed by atoms with Crippen LogP contribution in [0.15, 0.2) is 35.7 Å². The quantitative estimate of drug-likeness (QED) is 0.626. The fourth-order valence-electron chi connectivity index (χ4n) is 3.15. The van der Waals surface area contributed by atoms with Crippen molar-refractivity contribution in [3.8, 4) is 0 Å². The Morgan fingerprint density at radius 2 is 2.04 bits per heavy atom. The minimum absolute atomic E-state index is 0.544. The molecule has 1 aliphatic carbocycles. The fourth-order valence-corrected chi connectivity index (χ4v) is 3.35. The van der Waals surface area contributed by atoms with Crippen LogP contribution in [0.25, 0.3) is 6.08 Å². The van der Waals surface area contributed by atoms with Crippen LogP contribution in [0, 0.1) is 10.7 Å². The lowest BCUT2D eigenvalue weighted by Crippen LogP contribution is -2.09. The molecule has 2 heterocycles. The minimum Gasteiger partial charge on any atom is -0.265 e. The Kier molecular flexibility index (Phi) is 6.07. The lowest BCUT2D eigenvalue weighted by molar-refractivity contribution is 0.336. The van der Waals surface area contributed by atoms with E-state index in [1.807, 2.05) is 24.3 Å². The molecular weight excluding hydrogens is 318 g/mol. The van der Waals surface area contributed by atoms with Crippen LogP contribution in [0.5, 0.6) is 0 Å². The summed E-state index contributed by atoms with van der Waals surface area (Å²) in [7, 11) is 0. The second-order valence-corrected chi connectivity index (χ2v) is 6.59. The van der Waals surface area contributed by atoms with E-state index in [0.29, 0.717) is 4.77 Å². The number of aromatic nitrogens is 4. The van der Waals surface area contributed by atoms with Gasteiger partial charge in [-0.25, -0.2) is 0 Å². The molecule has 3 rings (SSSR count). The fraction of sp³-hybridized carbons (Fsp3) is 0.444. The molecule has 0 spiro atoms. The van der Waals surface area contributed by atoms with Crippen molar-refractivity contribution in [3.05, 3.63) is 46.8 Å². The molecule has 0 aromatic carbocycles. The molecule has 126 valence electrons. The molecule has 1 fully saturated rings. The molecule has 0 atom stereocenters. The van der Waals surface area contributed by atoms with Crippen molar-refractivity contribution in [2.45, 2.75) is 44.9 Å². The maximum atomic E-state index is 5.29. The molecule has 0 radical (unpaired) electrons. The standard InChI is InChI=1S/C18H23N5S/c24-18-22-21-17(9-8-15-5-2-1-3-6-15)23(18)20-12-4-7-16-10-13-19-14-11-16/h4,7,10-15H,1-3,5-6,8-9H2,(H,22,24)/b7-4+,20-12+. The molecule has 2 aromatic heterocycles. The Bertz CT molecular complexity index is 738. The highest BCUT2D eigenvalue weighted by atomic mass is 32.1. The number of H-pyrrole nitrogens is 1. The van der Waals surface area contributed by atoms with Crippen LogP contribution in [0.1, 0.15) is 49.9 Å². The van der Waals surface area contributed by atoms with Crippen molar-refractivity contribution in [2.75, 3.05) is 0 Å². The Balaban J connectivity index is 1.60. The van der Waals surface area contributed by atoms with Crippen LogP contribution in [0.3, 0.4) is 0 Å². The Hall–Kier alpha value is -2.08. The number of hydrogen-bond donors (Lipinski definition) is 1. The summed E-state index contributed by atoms with van der Waals surface area (Å²) in [6.07, 6.45) is 18.1. The number of aromatic amines is 1. The zero-order valence-corrected chi connectivity index (χ0v) is 14.6. The van der Waals surface area contributed by atoms with Gasteiger partial charge in [0.2, 0.25) is 4.77 Å². The van der Waals surface area contributed by atoms with Crippen molar-refractivity contribution < 1.29 is 0 Å². The predicted octanol–water partition coefficient (Wildman–Crippen LogP) is 4.40. The van der Waals surface area contributed by atoms with Gasteiger partial charge in [-0.15, -0.1) is 0 Å². The van der Waals surface area contributed by atoms with Crippen LogP contribution in [-0.4, -0.2) is 26.1 Å². The molecule has 0 amide bonds. The van der Waals surface area contributed by atoms with E-state index in [1.165, 1.54) is 38.5 Å². The number of allylic oxidation sites excluding steroid dienone is 1. The molecule has 0 unspecified atom stereocenters. The second-order valence-electron chi connectivity index (χ2n) is 6.20. The minimum atomic E-state index is 0.544. The van der Waals surface area contributed by atoms with Crippen molar-refractivity contribution in [3.63, 3.8) is 0 Å². The third-order valence-electron chi connectivity index (χ3n) is 4.48. The van der Waals surface area contributed by atoms with Crippen LogP contribution in [0.2, 0.25) is 0 Å². The molecule has 0 aliphatic heterocycles. The van der Waals surface area contributed by atoms with Gasteiger partial charge in [-0.3, -0.25) is 10.1 Å². The summed E-state index contributed by atoms with van der Waals surface area (Å²) >= 11 is 5.29. The van der Waals surface area contributed by atoms with Gasteiger partial charge < -0.3 is 0 Å². The monoisotopic (exact) mass is 341 g/mol. The van der Waals surface area contributed by atoms with Gasteiger partial charge in [-0.05, 0) is 48.3 Å². The highest BCUT2D eigenvalue weighted by Crippen LogP contribution is 2.27. The van der Waals surface area contributed by atoms with E-state index in [2.05, 4.69) is 20.3 Å². The first-order valence-electron chi connectivity index (χ1n) is 8.60. The largest absolute Gasteiger partial charge is 0.265 e. The second kappa shape index (κ2) is 8.68. The number of aryl methyl sites for hydroxylation is 1. The van der Waals surface area contributed by atoms with E-state index in [-0.39, 0.29) is 0 Å². The van der Waals surface area contributed by atoms with Crippen LogP contribution >= 0.6 is 12.2 Å². The normalized spacial score (nSPS) is 16.3. The first-order valence-corrected chi connectivity index (χ1v) is 9.01. The third-order valence-corrected chi connectivity index (χ3v) is 4.75. The maximum Gasteiger partial charge on any atom is 0.216 e. The first-order chi connectivity index (χ1) is 11.8. The molecule has 0 bridgehead atoms. The highest BCUT2D eigenvalue weighted by molar-refractivity contribution is 7.71. The Morgan fingerprint density at radius 1 is 1.25 bits per heavy atom. The molecule has 6 heteroatoms. The molecule has 0 saturated heterocycles. The molecule has 2 aromatic rings. The Labute approximate surface area is 147 Å². The number of nitrogens with zero attached hydrogens (tertiary/aromatic N) is 4. The summed E-state index contributed by atoms with van der Waals surface area (Å²) in [5, 5.41) is 11.6. The number of rotatable bonds is 6. The summed E-state index contributed by atoms with van der Waals surface area (Å²) in [5.74, 6) is 1.74. The lowest BCUT2D eigenvalue weighted by Gasteiger charge is -2.20. The number of pyridine rings is 1. The highest BCUT2D eigenvalue weighted by Gasteiger charge is 2.15. The van der Waals surface area contributed by atoms with E-state index in [0.717, 1.165) is 23.7 Å². The Morgan fingerprint density at radius 3 is 2.83 bits per heavy atom. The van der Waals surface area contributed by atoms with Gasteiger partial charge in [0, 0.05) is 25.0 Å². The van der Waals surface area contributed by atoms with Crippen molar-refractivity contribution in [1.82, 2.24) is 19.9 Å². The summed E-state index contributed by atoms with van der Waals surface area (Å²) < 4.78 is 2.27. The van der Waals surface area contributed by atoms with E-state index >= 15 is 0 Å². The number of nitrogens with one attached hydrogen (secondary N) is 1. The average Bonchev–Trinajstić information content (AvgIpc) is 2.99. The lowest BCUT2D eigenvalue weighted by atomic mass is 9.86. The molecular formula is C18H23N5S. The van der Waals surface area contributed by atoms with Gasteiger partial charge in [0.15, 0.2) is 5.82 Å². The average molecular weight is 341 g/mol. The van der Waals surface area contributed by atoms with E-state index in [9.17, 15) is 0 Å². The third kappa shape index (κ3) is 4.71. The van der Waals surface area contributed by atoms with Crippen molar-refractivity contribution in [1.29, 1.82) is 0 Å². The van der Waals surface area contributed by atoms with Crippen molar-refractivity contribution >= 4 is 24.5 Å². The van der Waals surface area contributed by atoms with Gasteiger partial charge >= 0.3 is 0 Å². The topological polar surface area (TPSA) is 58.9 Å². The smallest absolute Gasteiger partial charge is 0.216 e. The zero-order chi connectivity index (χ0) is 16.6. The molecule has 1 aliphatic rings. The zero-order valence-electron chi connectivity index (χ0n) is 13.8. The molecule has 1 N–H and O–H groups in total. The maximum absolute atomic E-state index is 5.29. The number of hydrogen-bond acceptors (Lipinski definition) is 4. The van der Waals surface area contributed by atoms with Gasteiger partial charge in [0.25, 0.3) is 0 Å². The van der Waals surface area contributed by atoms with Gasteiger partial charge in [-0.1, -0.05) is 38.2 Å². The summed E-state index contributed by atoms with van der Waals surface area (Å²) in [6, 6.07) is 3.90. The molecule has 24 heavy (non-hydrogen) atoms. The van der Waals surface area contributed by atoms with E-state index < -0.39 is 0 Å². The van der Waals surface area contributed by atoms with E-state index in [1.54, 1.807) is 23.3 Å². The van der Waals surface area contributed by atoms with Crippen LogP contribution in [-0.2, 0) is 6.42 Å². The molecule has 5 nitrogen and oxygen atoms in total. The predicted molar refractivity (Wildman–Crippen MR) is 99.5 cm³/mol. The summed E-state index contributed by atoms with van der Waals surface area (Å²) in [6.45, 7) is 0. The molecule has 1 saturated carbocycles. The van der Waals surface area contributed by atoms with Crippen molar-refractivity contribution in [2.24, 2.45) is 11.0 Å². The summed E-state index contributed by atoms with van der Waals surface area (Å²) in [4.78, 5) is 4.00. The first kappa shape index (κ1) is 16.8. The van der Waals surface area contributed by atoms with Gasteiger partial charge in [-0.2, -0.15) is 14.9 Å². The van der Waals surface area contributed by atoms with Gasteiger partial charge in [0.1, 0.15) is 0 Å². The van der Waals surface area contributed by atoms with E-state index in [4.69, 9.17) is 12.2 Å². The van der Waals surface area contributed by atoms with Crippen LogP contribution < -0.4 is 0 Å².